The maximum absolute atomic E-state index is 12.5. The standard InChI is InChI=1S/C18H17F3N4O/c1-12-9-16-23-10-13(11-25(16)24-12)3-2-8-22-17(26)14-4-6-15(7-5-14)18(19,20)21/h4-7,9-11H,2-3,8H2,1H3,(H,22,26). The Morgan fingerprint density at radius 1 is 1.23 bits per heavy atom. The predicted molar refractivity (Wildman–Crippen MR) is 89.8 cm³/mol. The van der Waals surface area contributed by atoms with E-state index in [4.69, 9.17) is 0 Å². The molecular formula is C18H17F3N4O. The van der Waals surface area contributed by atoms with Crippen LogP contribution in [0.25, 0.3) is 5.65 Å². The summed E-state index contributed by atoms with van der Waals surface area (Å²) in [6.07, 6.45) is 0.646. The molecule has 1 amide bonds. The van der Waals surface area contributed by atoms with Gasteiger partial charge in [0.1, 0.15) is 0 Å². The molecular weight excluding hydrogens is 345 g/mol. The van der Waals surface area contributed by atoms with E-state index in [1.54, 1.807) is 10.7 Å². The number of carbonyl (C=O) groups is 1. The molecule has 0 saturated carbocycles. The first kappa shape index (κ1) is 17.9. The van der Waals surface area contributed by atoms with Crippen LogP contribution in [0.1, 0.15) is 33.6 Å². The number of carbonyl (C=O) groups excluding carboxylic acids is 1. The molecule has 2 aromatic heterocycles. The average Bonchev–Trinajstić information content (AvgIpc) is 2.97. The number of benzene rings is 1. The highest BCUT2D eigenvalue weighted by molar-refractivity contribution is 5.94. The van der Waals surface area contributed by atoms with Gasteiger partial charge in [0.25, 0.3) is 5.91 Å². The summed E-state index contributed by atoms with van der Waals surface area (Å²) in [6.45, 7) is 2.31. The van der Waals surface area contributed by atoms with Crippen LogP contribution in [0.2, 0.25) is 0 Å². The van der Waals surface area contributed by atoms with Crippen molar-refractivity contribution in [1.82, 2.24) is 19.9 Å². The average molecular weight is 362 g/mol. The first-order valence-corrected chi connectivity index (χ1v) is 8.09. The van der Waals surface area contributed by atoms with E-state index in [0.717, 1.165) is 29.0 Å². The molecule has 8 heteroatoms. The van der Waals surface area contributed by atoms with Crippen LogP contribution in [0.15, 0.2) is 42.7 Å². The van der Waals surface area contributed by atoms with Gasteiger partial charge in [0.05, 0.1) is 11.3 Å². The van der Waals surface area contributed by atoms with Gasteiger partial charge in [-0.1, -0.05) is 0 Å². The number of hydrogen-bond donors (Lipinski definition) is 1. The van der Waals surface area contributed by atoms with Crippen molar-refractivity contribution in [3.05, 3.63) is 65.1 Å². The number of nitrogens with zero attached hydrogens (tertiary/aromatic N) is 3. The number of hydrogen-bond acceptors (Lipinski definition) is 3. The van der Waals surface area contributed by atoms with Crippen LogP contribution in [0.3, 0.4) is 0 Å². The lowest BCUT2D eigenvalue weighted by Gasteiger charge is -2.08. The third-order valence-corrected chi connectivity index (χ3v) is 3.89. The number of nitrogens with one attached hydrogen (secondary N) is 1. The van der Waals surface area contributed by atoms with Gasteiger partial charge in [0.2, 0.25) is 0 Å². The molecule has 2 heterocycles. The molecule has 3 aromatic rings. The van der Waals surface area contributed by atoms with Crippen LogP contribution in [-0.2, 0) is 12.6 Å². The smallest absolute Gasteiger partial charge is 0.352 e. The second-order valence-corrected chi connectivity index (χ2v) is 5.99. The molecule has 0 saturated heterocycles. The van der Waals surface area contributed by atoms with Gasteiger partial charge < -0.3 is 5.32 Å². The predicted octanol–water partition coefficient (Wildman–Crippen LogP) is 3.42. The second kappa shape index (κ2) is 7.15. The lowest BCUT2D eigenvalue weighted by Crippen LogP contribution is -2.24. The van der Waals surface area contributed by atoms with Gasteiger partial charge in [-0.05, 0) is 49.6 Å². The van der Waals surface area contributed by atoms with Crippen molar-refractivity contribution in [2.24, 2.45) is 0 Å². The Labute approximate surface area is 147 Å². The molecule has 0 spiro atoms. The van der Waals surface area contributed by atoms with Gasteiger partial charge >= 0.3 is 6.18 Å². The summed E-state index contributed by atoms with van der Waals surface area (Å²) in [5, 5.41) is 7.00. The number of amides is 1. The van der Waals surface area contributed by atoms with Crippen molar-refractivity contribution in [3.8, 4) is 0 Å². The normalized spacial score (nSPS) is 11.7. The lowest BCUT2D eigenvalue weighted by atomic mass is 10.1. The molecule has 0 aliphatic rings. The van der Waals surface area contributed by atoms with Crippen LogP contribution < -0.4 is 5.32 Å². The molecule has 1 N–H and O–H groups in total. The van der Waals surface area contributed by atoms with Crippen LogP contribution in [0.4, 0.5) is 13.2 Å². The largest absolute Gasteiger partial charge is 0.416 e. The molecule has 0 aliphatic heterocycles. The molecule has 5 nitrogen and oxygen atoms in total. The molecule has 3 rings (SSSR count). The zero-order chi connectivity index (χ0) is 18.7. The van der Waals surface area contributed by atoms with Crippen molar-refractivity contribution >= 4 is 11.6 Å². The monoisotopic (exact) mass is 362 g/mol. The van der Waals surface area contributed by atoms with E-state index in [0.29, 0.717) is 19.4 Å². The minimum atomic E-state index is -4.41. The van der Waals surface area contributed by atoms with Crippen LogP contribution in [0.5, 0.6) is 0 Å². The zero-order valence-electron chi connectivity index (χ0n) is 14.0. The summed E-state index contributed by atoms with van der Waals surface area (Å²) in [7, 11) is 0. The van der Waals surface area contributed by atoms with Crippen LogP contribution in [0, 0.1) is 6.92 Å². The van der Waals surface area contributed by atoms with Crippen molar-refractivity contribution in [2.45, 2.75) is 25.9 Å². The molecule has 0 radical (unpaired) electrons. The first-order chi connectivity index (χ1) is 12.3. The lowest BCUT2D eigenvalue weighted by molar-refractivity contribution is -0.137. The van der Waals surface area contributed by atoms with Crippen molar-refractivity contribution < 1.29 is 18.0 Å². The SMILES string of the molecule is Cc1cc2ncc(CCCNC(=O)c3ccc(C(F)(F)F)cc3)cn2n1. The van der Waals surface area contributed by atoms with Crippen molar-refractivity contribution in [2.75, 3.05) is 6.54 Å². The Bertz CT molecular complexity index is 916. The van der Waals surface area contributed by atoms with Gasteiger partial charge in [-0.3, -0.25) is 4.79 Å². The summed E-state index contributed by atoms with van der Waals surface area (Å²) in [5.41, 5.74) is 2.09. The van der Waals surface area contributed by atoms with Gasteiger partial charge in [0.15, 0.2) is 5.65 Å². The second-order valence-electron chi connectivity index (χ2n) is 5.99. The van der Waals surface area contributed by atoms with Gasteiger partial charge in [0, 0.05) is 30.6 Å². The van der Waals surface area contributed by atoms with E-state index in [9.17, 15) is 18.0 Å². The highest BCUT2D eigenvalue weighted by Gasteiger charge is 2.30. The van der Waals surface area contributed by atoms with Crippen LogP contribution >= 0.6 is 0 Å². The maximum Gasteiger partial charge on any atom is 0.416 e. The van der Waals surface area contributed by atoms with E-state index < -0.39 is 17.6 Å². The molecule has 0 unspecified atom stereocenters. The Kier molecular flexibility index (Phi) is 4.92. The maximum atomic E-state index is 12.5. The third-order valence-electron chi connectivity index (χ3n) is 3.89. The topological polar surface area (TPSA) is 59.3 Å². The van der Waals surface area contributed by atoms with E-state index in [1.165, 1.54) is 12.1 Å². The quantitative estimate of drug-likeness (QED) is 0.708. The Morgan fingerprint density at radius 3 is 2.65 bits per heavy atom. The number of rotatable bonds is 5. The summed E-state index contributed by atoms with van der Waals surface area (Å²) in [4.78, 5) is 16.3. The minimum Gasteiger partial charge on any atom is -0.352 e. The highest BCUT2D eigenvalue weighted by Crippen LogP contribution is 2.29. The van der Waals surface area contributed by atoms with E-state index >= 15 is 0 Å². The molecule has 0 bridgehead atoms. The van der Waals surface area contributed by atoms with Gasteiger partial charge in [-0.15, -0.1) is 0 Å². The fourth-order valence-electron chi connectivity index (χ4n) is 2.57. The van der Waals surface area contributed by atoms with Gasteiger partial charge in [-0.2, -0.15) is 18.3 Å². The highest BCUT2D eigenvalue weighted by atomic mass is 19.4. The van der Waals surface area contributed by atoms with Gasteiger partial charge in [-0.25, -0.2) is 9.50 Å². The molecule has 0 atom stereocenters. The number of aryl methyl sites for hydroxylation is 2. The number of aromatic nitrogens is 3. The Hall–Kier alpha value is -2.90. The minimum absolute atomic E-state index is 0.202. The fourth-order valence-corrected chi connectivity index (χ4v) is 2.57. The fraction of sp³-hybridized carbons (Fsp3) is 0.278. The molecule has 0 fully saturated rings. The zero-order valence-corrected chi connectivity index (χ0v) is 14.0. The van der Waals surface area contributed by atoms with E-state index in [2.05, 4.69) is 15.4 Å². The molecule has 0 aliphatic carbocycles. The van der Waals surface area contributed by atoms with E-state index in [-0.39, 0.29) is 5.56 Å². The van der Waals surface area contributed by atoms with Crippen LogP contribution in [-0.4, -0.2) is 27.0 Å². The molecule has 26 heavy (non-hydrogen) atoms. The Morgan fingerprint density at radius 2 is 1.96 bits per heavy atom. The first-order valence-electron chi connectivity index (χ1n) is 8.09. The number of halogens is 3. The summed E-state index contributed by atoms with van der Waals surface area (Å²) in [5.74, 6) is -0.394. The number of alkyl halides is 3. The Balaban J connectivity index is 1.50. The summed E-state index contributed by atoms with van der Waals surface area (Å²) >= 11 is 0. The third kappa shape index (κ3) is 4.19. The summed E-state index contributed by atoms with van der Waals surface area (Å²) < 4.78 is 39.3. The summed E-state index contributed by atoms with van der Waals surface area (Å²) in [6, 6.07) is 6.05. The molecule has 136 valence electrons. The molecule has 1 aromatic carbocycles. The van der Waals surface area contributed by atoms with Crippen molar-refractivity contribution in [1.29, 1.82) is 0 Å². The number of fused-ring (bicyclic) bond motifs is 1. The van der Waals surface area contributed by atoms with E-state index in [1.807, 2.05) is 19.2 Å². The van der Waals surface area contributed by atoms with Crippen molar-refractivity contribution in [3.63, 3.8) is 0 Å².